The Hall–Kier alpha value is -2.14. The second-order valence-electron chi connectivity index (χ2n) is 6.14. The van der Waals surface area contributed by atoms with E-state index in [2.05, 4.69) is 29.1 Å². The minimum absolute atomic E-state index is 0.0403. The van der Waals surface area contributed by atoms with Crippen molar-refractivity contribution in [3.63, 3.8) is 0 Å². The molecule has 0 aliphatic rings. The molecule has 3 aromatic rings. The van der Waals surface area contributed by atoms with Crippen LogP contribution in [0.2, 0.25) is 0 Å². The lowest BCUT2D eigenvalue weighted by Crippen LogP contribution is -2.31. The first kappa shape index (κ1) is 15.7. The average molecular weight is 327 g/mol. The smallest absolute Gasteiger partial charge is 0.225 e. The van der Waals surface area contributed by atoms with Crippen LogP contribution in [0.15, 0.2) is 41.8 Å². The van der Waals surface area contributed by atoms with Crippen molar-refractivity contribution in [2.75, 3.05) is 0 Å². The summed E-state index contributed by atoms with van der Waals surface area (Å²) in [6, 6.07) is 11.8. The molecule has 4 nitrogen and oxygen atoms in total. The van der Waals surface area contributed by atoms with Gasteiger partial charge in [-0.15, -0.1) is 11.3 Å². The van der Waals surface area contributed by atoms with Crippen LogP contribution in [0, 0.1) is 5.92 Å². The Labute approximate surface area is 140 Å². The first-order valence-electron chi connectivity index (χ1n) is 7.88. The van der Waals surface area contributed by atoms with Crippen LogP contribution in [0.1, 0.15) is 37.0 Å². The number of imidazole rings is 1. The molecule has 0 bridgehead atoms. The molecule has 0 aliphatic carbocycles. The van der Waals surface area contributed by atoms with Crippen molar-refractivity contribution in [1.29, 1.82) is 0 Å². The van der Waals surface area contributed by atoms with Gasteiger partial charge >= 0.3 is 0 Å². The van der Waals surface area contributed by atoms with Crippen LogP contribution in [0.5, 0.6) is 0 Å². The molecule has 0 fully saturated rings. The molecule has 2 heterocycles. The van der Waals surface area contributed by atoms with Gasteiger partial charge in [-0.25, -0.2) is 4.98 Å². The van der Waals surface area contributed by atoms with E-state index in [-0.39, 0.29) is 11.9 Å². The fourth-order valence-electron chi connectivity index (χ4n) is 2.66. The van der Waals surface area contributed by atoms with E-state index in [1.54, 1.807) is 11.3 Å². The molecule has 0 aliphatic heterocycles. The Morgan fingerprint density at radius 2 is 2.09 bits per heavy atom. The standard InChI is InChI=1S/C18H21N3OS/c1-12(2)10-16(19-17(22)11-13-6-5-9-23-13)18-20-14-7-3-4-8-15(14)21-18/h3-9,12,16H,10-11H2,1-2H3,(H,19,22)(H,20,21). The third kappa shape index (κ3) is 3.99. The molecule has 1 unspecified atom stereocenters. The van der Waals surface area contributed by atoms with Crippen molar-refractivity contribution in [3.05, 3.63) is 52.5 Å². The fourth-order valence-corrected chi connectivity index (χ4v) is 3.37. The van der Waals surface area contributed by atoms with E-state index in [1.807, 2.05) is 41.8 Å². The summed E-state index contributed by atoms with van der Waals surface area (Å²) in [5.41, 5.74) is 1.94. The van der Waals surface area contributed by atoms with Gasteiger partial charge in [-0.1, -0.05) is 32.0 Å². The fraction of sp³-hybridized carbons (Fsp3) is 0.333. The molecule has 0 spiro atoms. The molecule has 2 N–H and O–H groups in total. The number of H-pyrrole nitrogens is 1. The number of benzene rings is 1. The Balaban J connectivity index is 1.78. The predicted molar refractivity (Wildman–Crippen MR) is 94.5 cm³/mol. The summed E-state index contributed by atoms with van der Waals surface area (Å²) in [4.78, 5) is 21.4. The number of rotatable bonds is 6. The van der Waals surface area contributed by atoms with Crippen molar-refractivity contribution in [2.45, 2.75) is 32.7 Å². The Bertz CT molecular complexity index is 744. The highest BCUT2D eigenvalue weighted by atomic mass is 32.1. The lowest BCUT2D eigenvalue weighted by Gasteiger charge is -2.18. The molecule has 1 atom stereocenters. The molecular weight excluding hydrogens is 306 g/mol. The Kier molecular flexibility index (Phi) is 4.76. The molecule has 1 aromatic carbocycles. The molecule has 5 heteroatoms. The quantitative estimate of drug-likeness (QED) is 0.717. The van der Waals surface area contributed by atoms with Crippen LogP contribution in [-0.4, -0.2) is 15.9 Å². The van der Waals surface area contributed by atoms with Crippen molar-refractivity contribution in [3.8, 4) is 0 Å². The summed E-state index contributed by atoms with van der Waals surface area (Å²) in [6.07, 6.45) is 1.28. The number of nitrogens with zero attached hydrogens (tertiary/aromatic N) is 1. The van der Waals surface area contributed by atoms with Gasteiger partial charge in [0.2, 0.25) is 5.91 Å². The van der Waals surface area contributed by atoms with Gasteiger partial charge in [-0.05, 0) is 35.9 Å². The van der Waals surface area contributed by atoms with Gasteiger partial charge in [0.25, 0.3) is 0 Å². The molecule has 1 amide bonds. The van der Waals surface area contributed by atoms with Crippen LogP contribution in [0.3, 0.4) is 0 Å². The number of hydrogen-bond donors (Lipinski definition) is 2. The van der Waals surface area contributed by atoms with E-state index in [1.165, 1.54) is 0 Å². The number of para-hydroxylation sites is 2. The summed E-state index contributed by atoms with van der Waals surface area (Å²) in [7, 11) is 0. The molecule has 0 saturated carbocycles. The van der Waals surface area contributed by atoms with Crippen LogP contribution >= 0.6 is 11.3 Å². The number of hydrogen-bond acceptors (Lipinski definition) is 3. The average Bonchev–Trinajstić information content (AvgIpc) is 3.14. The van der Waals surface area contributed by atoms with E-state index in [0.29, 0.717) is 12.3 Å². The third-order valence-electron chi connectivity index (χ3n) is 3.69. The van der Waals surface area contributed by atoms with Gasteiger partial charge in [-0.2, -0.15) is 0 Å². The molecular formula is C18H21N3OS. The summed E-state index contributed by atoms with van der Waals surface area (Å²) >= 11 is 1.61. The second-order valence-corrected chi connectivity index (χ2v) is 7.18. The number of carbonyl (C=O) groups is 1. The summed E-state index contributed by atoms with van der Waals surface area (Å²) < 4.78 is 0. The lowest BCUT2D eigenvalue weighted by molar-refractivity contribution is -0.121. The second kappa shape index (κ2) is 6.96. The number of aromatic nitrogens is 2. The van der Waals surface area contributed by atoms with Crippen LogP contribution in [-0.2, 0) is 11.2 Å². The summed E-state index contributed by atoms with van der Waals surface area (Å²) in [5, 5.41) is 5.13. The normalized spacial score (nSPS) is 12.7. The van der Waals surface area contributed by atoms with Crippen LogP contribution in [0.4, 0.5) is 0 Å². The number of thiophene rings is 1. The first-order chi connectivity index (χ1) is 11.1. The van der Waals surface area contributed by atoms with Crippen molar-refractivity contribution in [1.82, 2.24) is 15.3 Å². The molecule has 23 heavy (non-hydrogen) atoms. The largest absolute Gasteiger partial charge is 0.346 e. The maximum Gasteiger partial charge on any atom is 0.225 e. The highest BCUT2D eigenvalue weighted by Crippen LogP contribution is 2.22. The number of amides is 1. The highest BCUT2D eigenvalue weighted by molar-refractivity contribution is 7.10. The van der Waals surface area contributed by atoms with E-state index in [9.17, 15) is 4.79 Å². The number of nitrogens with one attached hydrogen (secondary N) is 2. The van der Waals surface area contributed by atoms with E-state index in [4.69, 9.17) is 0 Å². The zero-order valence-electron chi connectivity index (χ0n) is 13.4. The van der Waals surface area contributed by atoms with Crippen molar-refractivity contribution >= 4 is 28.3 Å². The van der Waals surface area contributed by atoms with Crippen LogP contribution < -0.4 is 5.32 Å². The summed E-state index contributed by atoms with van der Waals surface area (Å²) in [6.45, 7) is 4.31. The van der Waals surface area contributed by atoms with Gasteiger partial charge in [0, 0.05) is 4.88 Å². The number of fused-ring (bicyclic) bond motifs is 1. The van der Waals surface area contributed by atoms with E-state index < -0.39 is 0 Å². The van der Waals surface area contributed by atoms with Crippen molar-refractivity contribution in [2.24, 2.45) is 5.92 Å². The molecule has 0 saturated heterocycles. The van der Waals surface area contributed by atoms with Gasteiger partial charge in [0.05, 0.1) is 23.5 Å². The van der Waals surface area contributed by atoms with Crippen molar-refractivity contribution < 1.29 is 4.79 Å². The monoisotopic (exact) mass is 327 g/mol. The van der Waals surface area contributed by atoms with E-state index >= 15 is 0 Å². The minimum atomic E-state index is -0.0881. The number of aromatic amines is 1. The minimum Gasteiger partial charge on any atom is -0.346 e. The van der Waals surface area contributed by atoms with Gasteiger partial charge in [0.15, 0.2) is 0 Å². The van der Waals surface area contributed by atoms with Gasteiger partial charge in [-0.3, -0.25) is 4.79 Å². The molecule has 2 aromatic heterocycles. The zero-order chi connectivity index (χ0) is 16.2. The Morgan fingerprint density at radius 1 is 1.26 bits per heavy atom. The highest BCUT2D eigenvalue weighted by Gasteiger charge is 2.20. The molecule has 120 valence electrons. The lowest BCUT2D eigenvalue weighted by atomic mass is 10.0. The molecule has 0 radical (unpaired) electrons. The molecule has 3 rings (SSSR count). The zero-order valence-corrected chi connectivity index (χ0v) is 14.2. The van der Waals surface area contributed by atoms with Gasteiger partial charge < -0.3 is 10.3 Å². The third-order valence-corrected chi connectivity index (χ3v) is 4.57. The van der Waals surface area contributed by atoms with E-state index in [0.717, 1.165) is 28.2 Å². The predicted octanol–water partition coefficient (Wildman–Crippen LogP) is 4.07. The maximum atomic E-state index is 12.3. The Morgan fingerprint density at radius 3 is 2.78 bits per heavy atom. The summed E-state index contributed by atoms with van der Waals surface area (Å²) in [5.74, 6) is 1.34. The number of carbonyl (C=O) groups excluding carboxylic acids is 1. The maximum absolute atomic E-state index is 12.3. The van der Waals surface area contributed by atoms with Crippen LogP contribution in [0.25, 0.3) is 11.0 Å². The van der Waals surface area contributed by atoms with Gasteiger partial charge in [0.1, 0.15) is 5.82 Å². The SMILES string of the molecule is CC(C)CC(NC(=O)Cc1cccs1)c1nc2ccccc2[nH]1. The topological polar surface area (TPSA) is 57.8 Å². The first-order valence-corrected chi connectivity index (χ1v) is 8.76.